The molecule has 0 radical (unpaired) electrons. The first kappa shape index (κ1) is 14.0. The average Bonchev–Trinajstić information content (AvgIpc) is 3.13. The van der Waals surface area contributed by atoms with Gasteiger partial charge in [0.25, 0.3) is 5.89 Å². The molecule has 1 atom stereocenters. The van der Waals surface area contributed by atoms with Crippen LogP contribution >= 0.6 is 22.9 Å². The number of halogens is 1. The highest BCUT2D eigenvalue weighted by molar-refractivity contribution is 7.14. The van der Waals surface area contributed by atoms with Crippen molar-refractivity contribution >= 4 is 22.9 Å². The van der Waals surface area contributed by atoms with Crippen molar-refractivity contribution < 1.29 is 4.52 Å². The number of rotatable bonds is 4. The van der Waals surface area contributed by atoms with Gasteiger partial charge in [-0.1, -0.05) is 16.8 Å². The van der Waals surface area contributed by atoms with Crippen LogP contribution in [0.2, 0.25) is 5.02 Å². The molecule has 0 amide bonds. The molecule has 0 bridgehead atoms. The van der Waals surface area contributed by atoms with E-state index in [9.17, 15) is 0 Å². The summed E-state index contributed by atoms with van der Waals surface area (Å²) in [6, 6.07) is -0.217. The number of hydrogen-bond acceptors (Lipinski definition) is 6. The minimum absolute atomic E-state index is 0.217. The van der Waals surface area contributed by atoms with E-state index < -0.39 is 0 Å². The van der Waals surface area contributed by atoms with Gasteiger partial charge in [0, 0.05) is 6.54 Å². The summed E-state index contributed by atoms with van der Waals surface area (Å²) >= 11 is 7.72. The second kappa shape index (κ2) is 5.81. The van der Waals surface area contributed by atoms with Gasteiger partial charge in [0.15, 0.2) is 5.82 Å². The van der Waals surface area contributed by atoms with Gasteiger partial charge in [0.05, 0.1) is 11.1 Å². The number of aromatic nitrogens is 2. The molecule has 2 aromatic heterocycles. The number of nitrogens with two attached hydrogens (primary N) is 1. The minimum atomic E-state index is -0.217. The number of nitrogens with zero attached hydrogens (tertiary/aromatic N) is 3. The third-order valence-corrected chi connectivity index (χ3v) is 5.21. The van der Waals surface area contributed by atoms with Crippen LogP contribution in [0.1, 0.15) is 30.3 Å². The van der Waals surface area contributed by atoms with E-state index in [1.807, 2.05) is 12.3 Å². The summed E-state index contributed by atoms with van der Waals surface area (Å²) in [5.74, 6) is 1.01. The lowest BCUT2D eigenvalue weighted by molar-refractivity contribution is 0.306. The maximum Gasteiger partial charge on any atom is 0.269 e. The van der Waals surface area contributed by atoms with E-state index >= 15 is 0 Å². The van der Waals surface area contributed by atoms with Crippen LogP contribution in [0.3, 0.4) is 0 Å². The molecular weight excluding hydrogens is 296 g/mol. The summed E-state index contributed by atoms with van der Waals surface area (Å²) in [7, 11) is 0. The van der Waals surface area contributed by atoms with Gasteiger partial charge in [-0.25, -0.2) is 0 Å². The molecule has 0 saturated carbocycles. The van der Waals surface area contributed by atoms with Crippen LogP contribution in [-0.4, -0.2) is 34.7 Å². The quantitative estimate of drug-likeness (QED) is 0.940. The lowest BCUT2D eigenvalue weighted by atomic mass is 10.3. The van der Waals surface area contributed by atoms with E-state index in [1.165, 1.54) is 24.2 Å². The van der Waals surface area contributed by atoms with Gasteiger partial charge in [-0.2, -0.15) is 4.98 Å². The predicted molar refractivity (Wildman–Crippen MR) is 80.0 cm³/mol. The Labute approximate surface area is 126 Å². The standard InChI is InChI=1S/C13H17ClN4OS/c1-8-7-20-11(10(8)14)13-16-12(17-19-13)9(15)6-18-4-2-3-5-18/h7,9H,2-6,15H2,1H3. The van der Waals surface area contributed by atoms with E-state index in [1.54, 1.807) is 0 Å². The van der Waals surface area contributed by atoms with Crippen molar-refractivity contribution in [3.8, 4) is 10.8 Å². The molecule has 1 fully saturated rings. The Bertz CT molecular complexity index is 591. The van der Waals surface area contributed by atoms with Crippen LogP contribution in [0.15, 0.2) is 9.90 Å². The Hall–Kier alpha value is -0.950. The molecule has 0 aliphatic carbocycles. The van der Waals surface area contributed by atoms with Crippen molar-refractivity contribution in [3.05, 3.63) is 21.8 Å². The molecule has 2 aromatic rings. The van der Waals surface area contributed by atoms with Crippen molar-refractivity contribution in [1.82, 2.24) is 15.0 Å². The van der Waals surface area contributed by atoms with Crippen LogP contribution < -0.4 is 5.73 Å². The molecule has 3 heterocycles. The Morgan fingerprint density at radius 1 is 1.50 bits per heavy atom. The molecule has 0 spiro atoms. The van der Waals surface area contributed by atoms with Crippen LogP contribution in [-0.2, 0) is 0 Å². The zero-order chi connectivity index (χ0) is 14.1. The highest BCUT2D eigenvalue weighted by Gasteiger charge is 2.22. The van der Waals surface area contributed by atoms with E-state index in [-0.39, 0.29) is 6.04 Å². The van der Waals surface area contributed by atoms with Crippen LogP contribution in [0.5, 0.6) is 0 Å². The van der Waals surface area contributed by atoms with Crippen LogP contribution in [0, 0.1) is 6.92 Å². The SMILES string of the molecule is Cc1csc(-c2nc(C(N)CN3CCCC3)no2)c1Cl. The molecule has 1 aliphatic heterocycles. The van der Waals surface area contributed by atoms with Gasteiger partial charge in [-0.05, 0) is 43.8 Å². The summed E-state index contributed by atoms with van der Waals surface area (Å²) in [5.41, 5.74) is 7.17. The highest BCUT2D eigenvalue weighted by atomic mass is 35.5. The third kappa shape index (κ3) is 2.74. The van der Waals surface area contributed by atoms with Crippen molar-refractivity contribution in [3.63, 3.8) is 0 Å². The monoisotopic (exact) mass is 312 g/mol. The molecule has 2 N–H and O–H groups in total. The summed E-state index contributed by atoms with van der Waals surface area (Å²) in [6.07, 6.45) is 2.49. The average molecular weight is 313 g/mol. The number of aryl methyl sites for hydroxylation is 1. The van der Waals surface area contributed by atoms with Gasteiger partial charge < -0.3 is 15.2 Å². The summed E-state index contributed by atoms with van der Waals surface area (Å²) in [6.45, 7) is 4.94. The van der Waals surface area contributed by atoms with E-state index in [4.69, 9.17) is 21.9 Å². The van der Waals surface area contributed by atoms with Gasteiger partial charge in [0.2, 0.25) is 0 Å². The Balaban J connectivity index is 1.74. The highest BCUT2D eigenvalue weighted by Crippen LogP contribution is 2.35. The number of thiophene rings is 1. The van der Waals surface area contributed by atoms with E-state index in [0.29, 0.717) is 16.7 Å². The normalized spacial score (nSPS) is 17.8. The third-order valence-electron chi connectivity index (χ3n) is 3.52. The molecule has 1 aliphatic rings. The smallest absolute Gasteiger partial charge is 0.269 e. The second-order valence-electron chi connectivity index (χ2n) is 5.13. The van der Waals surface area contributed by atoms with Gasteiger partial charge >= 0.3 is 0 Å². The number of likely N-dealkylation sites (tertiary alicyclic amines) is 1. The predicted octanol–water partition coefficient (Wildman–Crippen LogP) is 2.86. The second-order valence-corrected chi connectivity index (χ2v) is 6.39. The van der Waals surface area contributed by atoms with E-state index in [2.05, 4.69) is 15.0 Å². The first-order valence-corrected chi connectivity index (χ1v) is 7.96. The lowest BCUT2D eigenvalue weighted by Gasteiger charge is -2.17. The summed E-state index contributed by atoms with van der Waals surface area (Å²) < 4.78 is 5.30. The molecule has 3 rings (SSSR count). The summed E-state index contributed by atoms with van der Waals surface area (Å²) in [5, 5.41) is 6.65. The molecule has 5 nitrogen and oxygen atoms in total. The molecular formula is C13H17ClN4OS. The zero-order valence-corrected chi connectivity index (χ0v) is 12.9. The molecule has 108 valence electrons. The lowest BCUT2D eigenvalue weighted by Crippen LogP contribution is -2.30. The van der Waals surface area contributed by atoms with Gasteiger partial charge in [0.1, 0.15) is 4.88 Å². The van der Waals surface area contributed by atoms with Crippen molar-refractivity contribution in [1.29, 1.82) is 0 Å². The molecule has 20 heavy (non-hydrogen) atoms. The Morgan fingerprint density at radius 3 is 2.90 bits per heavy atom. The zero-order valence-electron chi connectivity index (χ0n) is 11.3. The molecule has 1 unspecified atom stereocenters. The van der Waals surface area contributed by atoms with Crippen LogP contribution in [0.25, 0.3) is 10.8 Å². The van der Waals surface area contributed by atoms with Crippen molar-refractivity contribution in [2.24, 2.45) is 5.73 Å². The minimum Gasteiger partial charge on any atom is -0.333 e. The molecule has 0 aromatic carbocycles. The first-order chi connectivity index (χ1) is 9.65. The fourth-order valence-corrected chi connectivity index (χ4v) is 3.57. The largest absolute Gasteiger partial charge is 0.333 e. The Kier molecular flexibility index (Phi) is 4.07. The topological polar surface area (TPSA) is 68.2 Å². The fourth-order valence-electron chi connectivity index (χ4n) is 2.38. The fraction of sp³-hybridized carbons (Fsp3) is 0.538. The maximum atomic E-state index is 6.21. The first-order valence-electron chi connectivity index (χ1n) is 6.70. The molecule has 7 heteroatoms. The maximum absolute atomic E-state index is 6.21. The van der Waals surface area contributed by atoms with Crippen molar-refractivity contribution in [2.75, 3.05) is 19.6 Å². The molecule has 1 saturated heterocycles. The van der Waals surface area contributed by atoms with Gasteiger partial charge in [-0.15, -0.1) is 11.3 Å². The summed E-state index contributed by atoms with van der Waals surface area (Å²) in [4.78, 5) is 7.55. The van der Waals surface area contributed by atoms with Gasteiger partial charge in [-0.3, -0.25) is 0 Å². The van der Waals surface area contributed by atoms with Crippen molar-refractivity contribution in [2.45, 2.75) is 25.8 Å². The Morgan fingerprint density at radius 2 is 2.25 bits per heavy atom. The van der Waals surface area contributed by atoms with Crippen LogP contribution in [0.4, 0.5) is 0 Å². The number of hydrogen-bond donors (Lipinski definition) is 1. The van der Waals surface area contributed by atoms with E-state index in [0.717, 1.165) is 30.1 Å².